The Bertz CT molecular complexity index is 351. The Morgan fingerprint density at radius 1 is 1.56 bits per heavy atom. The molecule has 1 aliphatic rings. The summed E-state index contributed by atoms with van der Waals surface area (Å²) in [7, 11) is 0. The van der Waals surface area contributed by atoms with Crippen molar-refractivity contribution in [2.75, 3.05) is 25.1 Å². The van der Waals surface area contributed by atoms with Crippen molar-refractivity contribution in [3.05, 3.63) is 23.2 Å². The van der Waals surface area contributed by atoms with Gasteiger partial charge in [0.15, 0.2) is 0 Å². The van der Waals surface area contributed by atoms with Crippen LogP contribution in [0.1, 0.15) is 13.3 Å². The molecule has 1 N–H and O–H groups in total. The van der Waals surface area contributed by atoms with Crippen LogP contribution in [0.25, 0.3) is 0 Å². The summed E-state index contributed by atoms with van der Waals surface area (Å²) >= 11 is 5.98. The van der Waals surface area contributed by atoms with Crippen LogP contribution in [-0.4, -0.2) is 25.9 Å². The molecule has 1 aromatic carbocycles. The molecule has 3 nitrogen and oxygen atoms in total. The molecule has 2 rings (SSSR count). The van der Waals surface area contributed by atoms with Gasteiger partial charge in [-0.05, 0) is 31.5 Å². The monoisotopic (exact) mass is 241 g/mol. The van der Waals surface area contributed by atoms with E-state index in [0.717, 1.165) is 31.1 Å². The van der Waals surface area contributed by atoms with Crippen LogP contribution < -0.4 is 10.1 Å². The number of benzene rings is 1. The van der Waals surface area contributed by atoms with Gasteiger partial charge in [-0.2, -0.15) is 0 Å². The molecule has 0 saturated carbocycles. The van der Waals surface area contributed by atoms with E-state index in [0.29, 0.717) is 17.7 Å². The Hall–Kier alpha value is -0.930. The predicted molar refractivity (Wildman–Crippen MR) is 65.5 cm³/mol. The van der Waals surface area contributed by atoms with E-state index in [2.05, 4.69) is 5.32 Å². The number of rotatable bonds is 4. The molecule has 0 aromatic heterocycles. The molecule has 1 aromatic rings. The fourth-order valence-corrected chi connectivity index (χ4v) is 1.94. The lowest BCUT2D eigenvalue weighted by atomic mass is 10.2. The number of anilines is 1. The minimum atomic E-state index is 0.359. The van der Waals surface area contributed by atoms with Crippen LogP contribution >= 0.6 is 11.6 Å². The normalized spacial score (nSPS) is 19.8. The molecule has 88 valence electrons. The summed E-state index contributed by atoms with van der Waals surface area (Å²) in [6.45, 7) is 4.19. The fraction of sp³-hybridized carbons (Fsp3) is 0.500. The van der Waals surface area contributed by atoms with Crippen molar-refractivity contribution < 1.29 is 9.47 Å². The second kappa shape index (κ2) is 5.41. The van der Waals surface area contributed by atoms with E-state index in [9.17, 15) is 0 Å². The lowest BCUT2D eigenvalue weighted by Crippen LogP contribution is -2.19. The Morgan fingerprint density at radius 3 is 3.12 bits per heavy atom. The smallest absolute Gasteiger partial charge is 0.142 e. The van der Waals surface area contributed by atoms with Gasteiger partial charge in [-0.25, -0.2) is 0 Å². The van der Waals surface area contributed by atoms with Crippen molar-refractivity contribution in [2.45, 2.75) is 19.4 Å². The highest BCUT2D eigenvalue weighted by Gasteiger charge is 2.17. The zero-order valence-electron chi connectivity index (χ0n) is 9.33. The van der Waals surface area contributed by atoms with Crippen LogP contribution in [-0.2, 0) is 4.74 Å². The summed E-state index contributed by atoms with van der Waals surface area (Å²) < 4.78 is 10.9. The number of ether oxygens (including phenoxy) is 2. The highest BCUT2D eigenvalue weighted by Crippen LogP contribution is 2.29. The summed E-state index contributed by atoms with van der Waals surface area (Å²) in [5.41, 5.74) is 0.949. The molecule has 1 atom stereocenters. The van der Waals surface area contributed by atoms with Crippen LogP contribution in [0.15, 0.2) is 18.2 Å². The first-order chi connectivity index (χ1) is 7.79. The summed E-state index contributed by atoms with van der Waals surface area (Å²) in [5, 5.41) is 4.11. The van der Waals surface area contributed by atoms with E-state index in [1.54, 1.807) is 0 Å². The third-order valence-corrected chi connectivity index (χ3v) is 2.77. The molecule has 1 saturated heterocycles. The lowest BCUT2D eigenvalue weighted by Gasteiger charge is -2.16. The molecule has 1 unspecified atom stereocenters. The molecular formula is C12H16ClNO2. The molecule has 0 bridgehead atoms. The molecule has 0 radical (unpaired) electrons. The second-order valence-electron chi connectivity index (χ2n) is 3.78. The minimum absolute atomic E-state index is 0.359. The van der Waals surface area contributed by atoms with Crippen molar-refractivity contribution in [2.24, 2.45) is 0 Å². The Kier molecular flexibility index (Phi) is 3.91. The molecule has 0 aliphatic carbocycles. The maximum atomic E-state index is 5.98. The van der Waals surface area contributed by atoms with E-state index in [1.807, 2.05) is 25.1 Å². The second-order valence-corrected chi connectivity index (χ2v) is 4.21. The number of halogens is 1. The molecule has 1 aliphatic heterocycles. The molecule has 4 heteroatoms. The maximum Gasteiger partial charge on any atom is 0.142 e. The third kappa shape index (κ3) is 2.80. The van der Waals surface area contributed by atoms with Gasteiger partial charge in [0.05, 0.1) is 24.9 Å². The van der Waals surface area contributed by atoms with Gasteiger partial charge >= 0.3 is 0 Å². The quantitative estimate of drug-likeness (QED) is 0.879. The fourth-order valence-electron chi connectivity index (χ4n) is 1.76. The van der Waals surface area contributed by atoms with Crippen LogP contribution in [0, 0.1) is 0 Å². The number of hydrogen-bond donors (Lipinski definition) is 1. The summed E-state index contributed by atoms with van der Waals surface area (Å²) in [5.74, 6) is 0.846. The topological polar surface area (TPSA) is 30.5 Å². The number of hydrogen-bond acceptors (Lipinski definition) is 3. The van der Waals surface area contributed by atoms with Gasteiger partial charge in [0, 0.05) is 11.6 Å². The standard InChI is InChI=1S/C12H16ClNO2/c1-2-16-12-4-3-9(13)7-11(12)14-10-5-6-15-8-10/h3-4,7,10,14H,2,5-6,8H2,1H3. The molecule has 1 heterocycles. The van der Waals surface area contributed by atoms with Crippen LogP contribution in [0.4, 0.5) is 5.69 Å². The molecule has 0 spiro atoms. The van der Waals surface area contributed by atoms with Crippen LogP contribution in [0.3, 0.4) is 0 Å². The minimum Gasteiger partial charge on any atom is -0.492 e. The zero-order valence-corrected chi connectivity index (χ0v) is 10.1. The summed E-state index contributed by atoms with van der Waals surface area (Å²) in [6.07, 6.45) is 1.03. The Labute approximate surface area is 101 Å². The SMILES string of the molecule is CCOc1ccc(Cl)cc1NC1CCOC1. The van der Waals surface area contributed by atoms with E-state index < -0.39 is 0 Å². The van der Waals surface area contributed by atoms with E-state index in [4.69, 9.17) is 21.1 Å². The highest BCUT2D eigenvalue weighted by atomic mass is 35.5. The summed E-state index contributed by atoms with van der Waals surface area (Å²) in [4.78, 5) is 0. The van der Waals surface area contributed by atoms with Gasteiger partial charge in [0.25, 0.3) is 0 Å². The van der Waals surface area contributed by atoms with Gasteiger partial charge in [0.1, 0.15) is 5.75 Å². The van der Waals surface area contributed by atoms with Gasteiger partial charge < -0.3 is 14.8 Å². The maximum absolute atomic E-state index is 5.98. The van der Waals surface area contributed by atoms with Crippen LogP contribution in [0.5, 0.6) is 5.75 Å². The van der Waals surface area contributed by atoms with E-state index in [1.165, 1.54) is 0 Å². The Morgan fingerprint density at radius 2 is 2.44 bits per heavy atom. The van der Waals surface area contributed by atoms with Crippen LogP contribution in [0.2, 0.25) is 5.02 Å². The van der Waals surface area contributed by atoms with Crippen molar-refractivity contribution in [3.63, 3.8) is 0 Å². The highest BCUT2D eigenvalue weighted by molar-refractivity contribution is 6.30. The summed E-state index contributed by atoms with van der Waals surface area (Å²) in [6, 6.07) is 5.98. The van der Waals surface area contributed by atoms with E-state index >= 15 is 0 Å². The molecule has 0 amide bonds. The molecule has 16 heavy (non-hydrogen) atoms. The van der Waals surface area contributed by atoms with Crippen molar-refractivity contribution in [3.8, 4) is 5.75 Å². The van der Waals surface area contributed by atoms with E-state index in [-0.39, 0.29) is 0 Å². The third-order valence-electron chi connectivity index (χ3n) is 2.53. The predicted octanol–water partition coefficient (Wildman–Crippen LogP) is 2.94. The largest absolute Gasteiger partial charge is 0.492 e. The van der Waals surface area contributed by atoms with Crippen molar-refractivity contribution >= 4 is 17.3 Å². The first-order valence-electron chi connectivity index (χ1n) is 5.56. The van der Waals surface area contributed by atoms with Gasteiger partial charge in [-0.1, -0.05) is 11.6 Å². The lowest BCUT2D eigenvalue weighted by molar-refractivity contribution is 0.195. The number of nitrogens with one attached hydrogen (secondary N) is 1. The molecular weight excluding hydrogens is 226 g/mol. The van der Waals surface area contributed by atoms with Crippen molar-refractivity contribution in [1.29, 1.82) is 0 Å². The first kappa shape index (κ1) is 11.6. The van der Waals surface area contributed by atoms with Gasteiger partial charge in [0.2, 0.25) is 0 Å². The molecule has 1 fully saturated rings. The van der Waals surface area contributed by atoms with Gasteiger partial charge in [-0.3, -0.25) is 0 Å². The average molecular weight is 242 g/mol. The zero-order chi connectivity index (χ0) is 11.4. The average Bonchev–Trinajstić information content (AvgIpc) is 2.75. The Balaban J connectivity index is 2.12. The van der Waals surface area contributed by atoms with Gasteiger partial charge in [-0.15, -0.1) is 0 Å². The van der Waals surface area contributed by atoms with Crippen molar-refractivity contribution in [1.82, 2.24) is 0 Å². The first-order valence-corrected chi connectivity index (χ1v) is 5.94.